The Balaban J connectivity index is 2.60. The van der Waals surface area contributed by atoms with Crippen LogP contribution in [0.25, 0.3) is 0 Å². The molecule has 1 heterocycles. The van der Waals surface area contributed by atoms with E-state index in [1.54, 1.807) is 0 Å². The van der Waals surface area contributed by atoms with Gasteiger partial charge in [-0.25, -0.2) is 0 Å². The Kier molecular flexibility index (Phi) is 2.92. The first-order valence-electron chi connectivity index (χ1n) is 4.71. The maximum absolute atomic E-state index is 11.0. The van der Waals surface area contributed by atoms with Crippen LogP contribution in [0.3, 0.4) is 0 Å². The minimum Gasteiger partial charge on any atom is -0.469 e. The van der Waals surface area contributed by atoms with Crippen LogP contribution in [-0.4, -0.2) is 31.4 Å². The molecular weight excluding hydrogens is 183 g/mol. The van der Waals surface area contributed by atoms with Crippen molar-refractivity contribution in [3.63, 3.8) is 0 Å². The first-order chi connectivity index (χ1) is 6.28. The van der Waals surface area contributed by atoms with Crippen LogP contribution in [0.1, 0.15) is 27.7 Å². The number of hydrogen-bond acceptors (Lipinski definition) is 4. The average molecular weight is 200 g/mol. The molecule has 0 bridgehead atoms. The van der Waals surface area contributed by atoms with Crippen LogP contribution in [-0.2, 0) is 18.8 Å². The summed E-state index contributed by atoms with van der Waals surface area (Å²) in [6.45, 7) is 7.79. The van der Waals surface area contributed by atoms with Gasteiger partial charge in [-0.1, -0.05) is 0 Å². The van der Waals surface area contributed by atoms with E-state index in [0.29, 0.717) is 0 Å². The molecule has 0 saturated carbocycles. The monoisotopic (exact) mass is 200 g/mol. The van der Waals surface area contributed by atoms with Gasteiger partial charge < -0.3 is 14.0 Å². The van der Waals surface area contributed by atoms with E-state index in [2.05, 4.69) is 4.74 Å². The molecule has 0 N–H and O–H groups in total. The number of carbonyl (C=O) groups excluding carboxylic acids is 1. The fourth-order valence-corrected chi connectivity index (χ4v) is 1.27. The van der Waals surface area contributed by atoms with Crippen molar-refractivity contribution in [2.24, 2.45) is 0 Å². The lowest BCUT2D eigenvalue weighted by atomic mass is 9.85. The van der Waals surface area contributed by atoms with Crippen LogP contribution in [0.15, 0.2) is 0 Å². The summed E-state index contributed by atoms with van der Waals surface area (Å²) >= 11 is 0. The van der Waals surface area contributed by atoms with Gasteiger partial charge in [0.25, 0.3) is 0 Å². The molecular formula is C9H17BO4. The van der Waals surface area contributed by atoms with Crippen LogP contribution < -0.4 is 0 Å². The molecule has 14 heavy (non-hydrogen) atoms. The molecule has 1 aliphatic rings. The van der Waals surface area contributed by atoms with Crippen molar-refractivity contribution in [1.82, 2.24) is 0 Å². The molecule has 1 aliphatic heterocycles. The predicted octanol–water partition coefficient (Wildman–Crippen LogP) is 1.25. The number of ether oxygens (including phenoxy) is 1. The van der Waals surface area contributed by atoms with Gasteiger partial charge in [0.15, 0.2) is 0 Å². The van der Waals surface area contributed by atoms with E-state index in [-0.39, 0.29) is 23.5 Å². The first-order valence-corrected chi connectivity index (χ1v) is 4.71. The average Bonchev–Trinajstić information content (AvgIpc) is 2.20. The second kappa shape index (κ2) is 3.55. The van der Waals surface area contributed by atoms with Crippen LogP contribution in [0, 0.1) is 0 Å². The summed E-state index contributed by atoms with van der Waals surface area (Å²) in [6, 6.07) is 0. The summed E-state index contributed by atoms with van der Waals surface area (Å²) in [5.41, 5.74) is -0.766. The lowest BCUT2D eigenvalue weighted by Gasteiger charge is -2.32. The zero-order valence-electron chi connectivity index (χ0n) is 9.42. The summed E-state index contributed by atoms with van der Waals surface area (Å²) in [4.78, 5) is 11.0. The lowest BCUT2D eigenvalue weighted by Crippen LogP contribution is -2.41. The zero-order valence-corrected chi connectivity index (χ0v) is 9.42. The molecule has 0 spiro atoms. The predicted molar refractivity (Wildman–Crippen MR) is 52.9 cm³/mol. The topological polar surface area (TPSA) is 44.8 Å². The van der Waals surface area contributed by atoms with Crippen molar-refractivity contribution in [2.75, 3.05) is 7.11 Å². The third-order valence-electron chi connectivity index (χ3n) is 2.86. The van der Waals surface area contributed by atoms with Crippen LogP contribution >= 0.6 is 0 Å². The number of rotatable bonds is 2. The quantitative estimate of drug-likeness (QED) is 0.497. The summed E-state index contributed by atoms with van der Waals surface area (Å²) < 4.78 is 15.8. The Bertz CT molecular complexity index is 221. The summed E-state index contributed by atoms with van der Waals surface area (Å²) in [6.07, 6.45) is 0.142. The highest BCUT2D eigenvalue weighted by atomic mass is 16.7. The van der Waals surface area contributed by atoms with E-state index < -0.39 is 7.12 Å². The summed E-state index contributed by atoms with van der Waals surface area (Å²) in [5, 5.41) is 0. The fourth-order valence-electron chi connectivity index (χ4n) is 1.27. The number of esters is 1. The third-order valence-corrected chi connectivity index (χ3v) is 2.86. The fraction of sp³-hybridized carbons (Fsp3) is 0.889. The second-order valence-electron chi connectivity index (χ2n) is 4.47. The van der Waals surface area contributed by atoms with Crippen molar-refractivity contribution in [1.29, 1.82) is 0 Å². The van der Waals surface area contributed by atoms with Gasteiger partial charge >= 0.3 is 13.1 Å². The standard InChI is InChI=1S/C9H17BO4/c1-8(2)9(3,4)14-10(13-8)6-7(11)12-5/h6H2,1-5H3. The van der Waals surface area contributed by atoms with Gasteiger partial charge in [-0.05, 0) is 27.7 Å². The highest BCUT2D eigenvalue weighted by Crippen LogP contribution is 2.37. The Morgan fingerprint density at radius 1 is 1.21 bits per heavy atom. The van der Waals surface area contributed by atoms with E-state index in [4.69, 9.17) is 9.31 Å². The molecule has 0 aliphatic carbocycles. The summed E-state index contributed by atoms with van der Waals surface area (Å²) in [5.74, 6) is -0.316. The highest BCUT2D eigenvalue weighted by molar-refractivity contribution is 6.49. The maximum Gasteiger partial charge on any atom is 0.469 e. The van der Waals surface area contributed by atoms with Crippen molar-refractivity contribution in [3.05, 3.63) is 0 Å². The molecule has 0 aromatic carbocycles. The molecule has 0 atom stereocenters. The Labute approximate surface area is 85.0 Å². The normalized spacial score (nSPS) is 23.6. The first kappa shape index (κ1) is 11.5. The SMILES string of the molecule is COC(=O)CB1OC(C)(C)C(C)(C)O1. The van der Waals surface area contributed by atoms with Gasteiger partial charge in [-0.15, -0.1) is 0 Å². The highest BCUT2D eigenvalue weighted by Gasteiger charge is 2.51. The van der Waals surface area contributed by atoms with E-state index in [9.17, 15) is 4.79 Å². The number of hydrogen-bond donors (Lipinski definition) is 0. The molecule has 5 heteroatoms. The Hall–Kier alpha value is -0.545. The van der Waals surface area contributed by atoms with Gasteiger partial charge in [-0.2, -0.15) is 0 Å². The molecule has 0 unspecified atom stereocenters. The van der Waals surface area contributed by atoms with Gasteiger partial charge in [0.2, 0.25) is 0 Å². The number of methoxy groups -OCH3 is 1. The molecule has 4 nitrogen and oxygen atoms in total. The van der Waals surface area contributed by atoms with Crippen LogP contribution in [0.4, 0.5) is 0 Å². The van der Waals surface area contributed by atoms with Gasteiger partial charge in [-0.3, -0.25) is 4.79 Å². The van der Waals surface area contributed by atoms with E-state index in [1.807, 2.05) is 27.7 Å². The molecule has 1 saturated heterocycles. The van der Waals surface area contributed by atoms with Crippen molar-refractivity contribution in [3.8, 4) is 0 Å². The molecule has 1 fully saturated rings. The van der Waals surface area contributed by atoms with Crippen LogP contribution in [0.2, 0.25) is 6.32 Å². The van der Waals surface area contributed by atoms with Crippen molar-refractivity contribution >= 4 is 13.1 Å². The number of carbonyl (C=O) groups is 1. The molecule has 0 aromatic rings. The molecule has 0 radical (unpaired) electrons. The zero-order chi connectivity index (χ0) is 11.0. The molecule has 80 valence electrons. The van der Waals surface area contributed by atoms with E-state index in [1.165, 1.54) is 7.11 Å². The third kappa shape index (κ3) is 2.09. The lowest BCUT2D eigenvalue weighted by molar-refractivity contribution is -0.138. The Morgan fingerprint density at radius 2 is 1.64 bits per heavy atom. The second-order valence-corrected chi connectivity index (χ2v) is 4.47. The van der Waals surface area contributed by atoms with E-state index in [0.717, 1.165) is 0 Å². The van der Waals surface area contributed by atoms with E-state index >= 15 is 0 Å². The Morgan fingerprint density at radius 3 is 2.00 bits per heavy atom. The molecule has 1 rings (SSSR count). The maximum atomic E-state index is 11.0. The largest absolute Gasteiger partial charge is 0.469 e. The van der Waals surface area contributed by atoms with Gasteiger partial charge in [0.1, 0.15) is 0 Å². The smallest absolute Gasteiger partial charge is 0.469 e. The van der Waals surface area contributed by atoms with Gasteiger partial charge in [0.05, 0.1) is 24.6 Å². The summed E-state index contributed by atoms with van der Waals surface area (Å²) in [7, 11) is 0.862. The minimum absolute atomic E-state index is 0.142. The van der Waals surface area contributed by atoms with Crippen molar-refractivity contribution < 1.29 is 18.8 Å². The van der Waals surface area contributed by atoms with Crippen molar-refractivity contribution in [2.45, 2.75) is 45.2 Å². The van der Waals surface area contributed by atoms with Gasteiger partial charge in [0, 0.05) is 0 Å². The molecule has 0 aromatic heterocycles. The molecule has 0 amide bonds. The van der Waals surface area contributed by atoms with Crippen LogP contribution in [0.5, 0.6) is 0 Å². The minimum atomic E-state index is -0.493.